The average molecular weight is 204 g/mol. The molecule has 0 aliphatic rings. The highest BCUT2D eigenvalue weighted by atomic mass is 16.1. The zero-order chi connectivity index (χ0) is 10.9. The predicted octanol–water partition coefficient (Wildman–Crippen LogP) is 1.16. The van der Waals surface area contributed by atoms with Crippen LogP contribution in [0, 0.1) is 0 Å². The Hall–Kier alpha value is -1.61. The molecule has 1 rings (SSSR count). The molecule has 1 aromatic carbocycles. The molecule has 80 valence electrons. The Morgan fingerprint density at radius 1 is 1.33 bits per heavy atom. The molecule has 0 saturated heterocycles. The Kier molecular flexibility index (Phi) is 5.19. The van der Waals surface area contributed by atoms with Gasteiger partial charge >= 0.3 is 0 Å². The van der Waals surface area contributed by atoms with Crippen molar-refractivity contribution in [2.24, 2.45) is 5.73 Å². The van der Waals surface area contributed by atoms with Crippen LogP contribution in [0.15, 0.2) is 36.4 Å². The van der Waals surface area contributed by atoms with E-state index < -0.39 is 0 Å². The first-order valence-electron chi connectivity index (χ1n) is 5.04. The van der Waals surface area contributed by atoms with E-state index in [4.69, 9.17) is 5.73 Å². The summed E-state index contributed by atoms with van der Waals surface area (Å²) in [5.41, 5.74) is 6.33. The zero-order valence-electron chi connectivity index (χ0n) is 8.65. The van der Waals surface area contributed by atoms with E-state index in [2.05, 4.69) is 5.32 Å². The minimum Gasteiger partial charge on any atom is -0.353 e. The summed E-state index contributed by atoms with van der Waals surface area (Å²) in [6.45, 7) is 1.23. The van der Waals surface area contributed by atoms with E-state index in [1.165, 1.54) is 6.08 Å². The first kappa shape index (κ1) is 11.5. The monoisotopic (exact) mass is 204 g/mol. The fourth-order valence-electron chi connectivity index (χ4n) is 1.11. The van der Waals surface area contributed by atoms with Gasteiger partial charge in [0.25, 0.3) is 0 Å². The van der Waals surface area contributed by atoms with Crippen LogP contribution in [0.1, 0.15) is 12.0 Å². The maximum absolute atomic E-state index is 11.3. The quantitative estimate of drug-likeness (QED) is 0.558. The van der Waals surface area contributed by atoms with Crippen LogP contribution in [0.25, 0.3) is 6.08 Å². The molecule has 0 aromatic heterocycles. The van der Waals surface area contributed by atoms with Gasteiger partial charge < -0.3 is 11.1 Å². The summed E-state index contributed by atoms with van der Waals surface area (Å²) in [4.78, 5) is 11.3. The Labute approximate surface area is 90.0 Å². The third-order valence-electron chi connectivity index (χ3n) is 1.91. The molecule has 3 heteroatoms. The summed E-state index contributed by atoms with van der Waals surface area (Å²) in [5, 5.41) is 2.75. The van der Waals surface area contributed by atoms with Crippen LogP contribution in [0.4, 0.5) is 0 Å². The molecule has 0 unspecified atom stereocenters. The molecule has 0 bridgehead atoms. The topological polar surface area (TPSA) is 55.1 Å². The predicted molar refractivity (Wildman–Crippen MR) is 62.2 cm³/mol. The lowest BCUT2D eigenvalue weighted by Crippen LogP contribution is -2.23. The number of amides is 1. The Balaban J connectivity index is 2.34. The molecule has 15 heavy (non-hydrogen) atoms. The lowest BCUT2D eigenvalue weighted by molar-refractivity contribution is -0.116. The van der Waals surface area contributed by atoms with Gasteiger partial charge in [0.1, 0.15) is 0 Å². The Bertz CT molecular complexity index is 320. The molecule has 0 heterocycles. The number of carbonyl (C=O) groups excluding carboxylic acids is 1. The van der Waals surface area contributed by atoms with Gasteiger partial charge in [-0.2, -0.15) is 0 Å². The van der Waals surface area contributed by atoms with Crippen molar-refractivity contribution in [3.8, 4) is 0 Å². The lowest BCUT2D eigenvalue weighted by atomic mass is 10.2. The third-order valence-corrected chi connectivity index (χ3v) is 1.91. The summed E-state index contributed by atoms with van der Waals surface area (Å²) in [7, 11) is 0. The maximum atomic E-state index is 11.3. The van der Waals surface area contributed by atoms with Gasteiger partial charge in [-0.3, -0.25) is 4.79 Å². The largest absolute Gasteiger partial charge is 0.353 e. The molecule has 0 spiro atoms. The van der Waals surface area contributed by atoms with Crippen molar-refractivity contribution < 1.29 is 4.79 Å². The standard InChI is InChI=1S/C12H16N2O/c13-9-4-10-14-12(15)8-7-11-5-2-1-3-6-11/h1-3,5-8H,4,9-10,13H2,(H,14,15). The molecule has 0 aliphatic heterocycles. The average Bonchev–Trinajstić information content (AvgIpc) is 2.28. The van der Waals surface area contributed by atoms with Crippen molar-refractivity contribution in [1.29, 1.82) is 0 Å². The van der Waals surface area contributed by atoms with Crippen molar-refractivity contribution in [2.75, 3.05) is 13.1 Å². The zero-order valence-corrected chi connectivity index (χ0v) is 8.65. The SMILES string of the molecule is NCCCNC(=O)C=Cc1ccccc1. The first-order valence-corrected chi connectivity index (χ1v) is 5.04. The van der Waals surface area contributed by atoms with E-state index >= 15 is 0 Å². The van der Waals surface area contributed by atoms with Crippen LogP contribution in [0.5, 0.6) is 0 Å². The van der Waals surface area contributed by atoms with Gasteiger partial charge in [0.2, 0.25) is 5.91 Å². The lowest BCUT2D eigenvalue weighted by Gasteiger charge is -1.99. The fraction of sp³-hybridized carbons (Fsp3) is 0.250. The van der Waals surface area contributed by atoms with E-state index in [-0.39, 0.29) is 5.91 Å². The Morgan fingerprint density at radius 2 is 2.07 bits per heavy atom. The first-order chi connectivity index (χ1) is 7.33. The van der Waals surface area contributed by atoms with Crippen LogP contribution in [0.3, 0.4) is 0 Å². The van der Waals surface area contributed by atoms with Gasteiger partial charge in [0.05, 0.1) is 0 Å². The van der Waals surface area contributed by atoms with Crippen molar-refractivity contribution in [2.45, 2.75) is 6.42 Å². The molecule has 1 amide bonds. The Morgan fingerprint density at radius 3 is 2.73 bits per heavy atom. The highest BCUT2D eigenvalue weighted by molar-refractivity contribution is 5.91. The molecule has 0 atom stereocenters. The van der Waals surface area contributed by atoms with E-state index in [1.54, 1.807) is 6.08 Å². The second kappa shape index (κ2) is 6.79. The van der Waals surface area contributed by atoms with Crippen LogP contribution >= 0.6 is 0 Å². The molecule has 3 nitrogen and oxygen atoms in total. The second-order valence-electron chi connectivity index (χ2n) is 3.18. The van der Waals surface area contributed by atoms with Crippen molar-refractivity contribution in [1.82, 2.24) is 5.32 Å². The number of carbonyl (C=O) groups is 1. The van der Waals surface area contributed by atoms with Gasteiger partial charge in [-0.1, -0.05) is 30.3 Å². The van der Waals surface area contributed by atoms with Gasteiger partial charge in [0, 0.05) is 12.6 Å². The van der Waals surface area contributed by atoms with Gasteiger partial charge in [-0.05, 0) is 24.6 Å². The number of hydrogen-bond donors (Lipinski definition) is 2. The summed E-state index contributed by atoms with van der Waals surface area (Å²) in [6.07, 6.45) is 4.13. The number of nitrogens with two attached hydrogens (primary N) is 1. The van der Waals surface area contributed by atoms with E-state index in [0.717, 1.165) is 12.0 Å². The summed E-state index contributed by atoms with van der Waals surface area (Å²) in [6, 6.07) is 9.71. The van der Waals surface area contributed by atoms with Crippen LogP contribution < -0.4 is 11.1 Å². The van der Waals surface area contributed by atoms with E-state index in [9.17, 15) is 4.79 Å². The van der Waals surface area contributed by atoms with Gasteiger partial charge in [-0.15, -0.1) is 0 Å². The minimum atomic E-state index is -0.0766. The highest BCUT2D eigenvalue weighted by Gasteiger charge is 1.92. The van der Waals surface area contributed by atoms with Gasteiger partial charge in [0.15, 0.2) is 0 Å². The summed E-state index contributed by atoms with van der Waals surface area (Å²) >= 11 is 0. The van der Waals surface area contributed by atoms with Crippen molar-refractivity contribution in [3.63, 3.8) is 0 Å². The van der Waals surface area contributed by atoms with E-state index in [1.807, 2.05) is 30.3 Å². The normalized spacial score (nSPS) is 10.5. The van der Waals surface area contributed by atoms with Crippen molar-refractivity contribution >= 4 is 12.0 Å². The van der Waals surface area contributed by atoms with Gasteiger partial charge in [-0.25, -0.2) is 0 Å². The molecule has 3 N–H and O–H groups in total. The van der Waals surface area contributed by atoms with Crippen molar-refractivity contribution in [3.05, 3.63) is 42.0 Å². The molecule has 0 radical (unpaired) electrons. The molecule has 0 saturated carbocycles. The minimum absolute atomic E-state index is 0.0766. The van der Waals surface area contributed by atoms with E-state index in [0.29, 0.717) is 13.1 Å². The van der Waals surface area contributed by atoms with Crippen LogP contribution in [0.2, 0.25) is 0 Å². The smallest absolute Gasteiger partial charge is 0.243 e. The summed E-state index contributed by atoms with van der Waals surface area (Å²) in [5.74, 6) is -0.0766. The number of nitrogens with one attached hydrogen (secondary N) is 1. The third kappa shape index (κ3) is 4.98. The molecular formula is C12H16N2O. The summed E-state index contributed by atoms with van der Waals surface area (Å²) < 4.78 is 0. The maximum Gasteiger partial charge on any atom is 0.243 e. The molecular weight excluding hydrogens is 188 g/mol. The molecule has 0 fully saturated rings. The van der Waals surface area contributed by atoms with Crippen LogP contribution in [-0.2, 0) is 4.79 Å². The fourth-order valence-corrected chi connectivity index (χ4v) is 1.11. The molecule has 0 aliphatic carbocycles. The van der Waals surface area contributed by atoms with Crippen LogP contribution in [-0.4, -0.2) is 19.0 Å². The number of benzene rings is 1. The second-order valence-corrected chi connectivity index (χ2v) is 3.18. The molecule has 1 aromatic rings. The number of hydrogen-bond acceptors (Lipinski definition) is 2. The highest BCUT2D eigenvalue weighted by Crippen LogP contribution is 2.00. The number of rotatable bonds is 5.